The van der Waals surface area contributed by atoms with Gasteiger partial charge in [0.2, 0.25) is 0 Å². The van der Waals surface area contributed by atoms with Crippen molar-refractivity contribution in [3.05, 3.63) is 59.7 Å². The van der Waals surface area contributed by atoms with E-state index in [-0.39, 0.29) is 29.5 Å². The summed E-state index contributed by atoms with van der Waals surface area (Å²) in [7, 11) is 0. The van der Waals surface area contributed by atoms with Crippen molar-refractivity contribution < 1.29 is 11.9 Å². The second-order valence-corrected chi connectivity index (χ2v) is 5.61. The van der Waals surface area contributed by atoms with E-state index in [0.29, 0.717) is 17.8 Å². The molecule has 1 amide bonds. The van der Waals surface area contributed by atoms with Crippen LogP contribution in [-0.2, 0) is 0 Å². The van der Waals surface area contributed by atoms with Crippen molar-refractivity contribution in [3.8, 4) is 0 Å². The maximum atomic E-state index is 13.7. The zero-order valence-corrected chi connectivity index (χ0v) is 12.7. The number of rotatable bonds is 3. The molecule has 0 bridgehead atoms. The molecule has 0 radical (unpaired) electrons. The molecule has 1 unspecified atom stereocenters. The number of nitrogens with two attached hydrogens (primary N) is 1. The third-order valence-electron chi connectivity index (χ3n) is 4.11. The van der Waals surface area contributed by atoms with Gasteiger partial charge in [-0.15, -0.1) is 0 Å². The first-order valence-electron chi connectivity index (χ1n) is 8.56. The number of hydrogen-bond donors (Lipinski definition) is 1. The van der Waals surface area contributed by atoms with E-state index in [1.165, 1.54) is 27.7 Å². The SMILES string of the molecule is [2H]C1([2H])CCC(c2cccc(F)c2)N1c1ccn2ncc(C(N)=O)c2n1. The highest BCUT2D eigenvalue weighted by Crippen LogP contribution is 2.35. The van der Waals surface area contributed by atoms with Crippen LogP contribution in [0.1, 0.15) is 37.5 Å². The minimum absolute atomic E-state index is 0.161. The summed E-state index contributed by atoms with van der Waals surface area (Å²) in [4.78, 5) is 17.5. The lowest BCUT2D eigenvalue weighted by atomic mass is 10.0. The van der Waals surface area contributed by atoms with Gasteiger partial charge in [0.25, 0.3) is 5.91 Å². The Bertz CT molecular complexity index is 1010. The van der Waals surface area contributed by atoms with E-state index in [4.69, 9.17) is 8.48 Å². The molecule has 1 fully saturated rings. The van der Waals surface area contributed by atoms with Crippen LogP contribution in [-0.4, -0.2) is 27.0 Å². The van der Waals surface area contributed by atoms with Gasteiger partial charge >= 0.3 is 0 Å². The number of primary amides is 1. The molecule has 1 saturated heterocycles. The number of amides is 1. The van der Waals surface area contributed by atoms with Crippen molar-refractivity contribution >= 4 is 17.4 Å². The van der Waals surface area contributed by atoms with E-state index in [1.807, 2.05) is 0 Å². The molecule has 122 valence electrons. The summed E-state index contributed by atoms with van der Waals surface area (Å²) < 4.78 is 31.8. The van der Waals surface area contributed by atoms with Gasteiger partial charge in [-0.25, -0.2) is 13.9 Å². The van der Waals surface area contributed by atoms with Gasteiger partial charge in [-0.2, -0.15) is 5.10 Å². The number of anilines is 1. The average molecular weight is 327 g/mol. The molecule has 1 aliphatic rings. The molecule has 4 rings (SSSR count). The zero-order chi connectivity index (χ0) is 18.5. The van der Waals surface area contributed by atoms with Crippen molar-refractivity contribution in [2.24, 2.45) is 5.73 Å². The molecule has 7 heteroatoms. The Balaban J connectivity index is 1.83. The lowest BCUT2D eigenvalue weighted by Gasteiger charge is -2.26. The average Bonchev–Trinajstić information content (AvgIpc) is 3.14. The minimum Gasteiger partial charge on any atom is -0.365 e. The molecular formula is C17H16FN5O. The van der Waals surface area contributed by atoms with Gasteiger partial charge in [0.05, 0.1) is 12.2 Å². The Hall–Kier alpha value is -2.96. The van der Waals surface area contributed by atoms with Crippen molar-refractivity contribution in [1.82, 2.24) is 14.6 Å². The Morgan fingerprint density at radius 3 is 3.08 bits per heavy atom. The van der Waals surface area contributed by atoms with E-state index < -0.39 is 12.4 Å². The minimum atomic E-state index is -1.66. The monoisotopic (exact) mass is 327 g/mol. The fourth-order valence-electron chi connectivity index (χ4n) is 3.00. The van der Waals surface area contributed by atoms with E-state index >= 15 is 0 Å². The van der Waals surface area contributed by atoms with Crippen LogP contribution in [0.3, 0.4) is 0 Å². The van der Waals surface area contributed by atoms with Crippen LogP contribution in [0.15, 0.2) is 42.7 Å². The van der Waals surface area contributed by atoms with Crippen LogP contribution in [0.5, 0.6) is 0 Å². The number of benzene rings is 1. The summed E-state index contributed by atoms with van der Waals surface area (Å²) in [6.45, 7) is -1.66. The third kappa shape index (κ3) is 2.38. The van der Waals surface area contributed by atoms with Gasteiger partial charge < -0.3 is 10.6 Å². The number of carbonyl (C=O) groups is 1. The summed E-state index contributed by atoms with van der Waals surface area (Å²) in [6.07, 6.45) is 3.73. The highest BCUT2D eigenvalue weighted by molar-refractivity contribution is 5.98. The predicted octanol–water partition coefficient (Wildman–Crippen LogP) is 2.31. The molecule has 0 aliphatic carbocycles. The summed E-state index contributed by atoms with van der Waals surface area (Å²) in [5.41, 5.74) is 6.45. The van der Waals surface area contributed by atoms with E-state index in [9.17, 15) is 9.18 Å². The quantitative estimate of drug-likeness (QED) is 0.801. The predicted molar refractivity (Wildman–Crippen MR) is 87.2 cm³/mol. The standard InChI is InChI=1S/C17H16FN5O/c18-12-4-1-3-11(9-12)14-5-2-7-22(14)15-6-8-23-17(21-15)13(10-20-23)16(19)24/h1,3-4,6,8-10,14H,2,5,7H2,(H2,19,24)/i7D2. The number of aromatic nitrogens is 3. The van der Waals surface area contributed by atoms with Crippen LogP contribution in [0.25, 0.3) is 5.65 Å². The van der Waals surface area contributed by atoms with Crippen molar-refractivity contribution in [3.63, 3.8) is 0 Å². The Kier molecular flexibility index (Phi) is 2.90. The first kappa shape index (κ1) is 12.5. The van der Waals surface area contributed by atoms with Gasteiger partial charge in [-0.3, -0.25) is 4.79 Å². The molecule has 1 atom stereocenters. The summed E-state index contributed by atoms with van der Waals surface area (Å²) in [6, 6.07) is 7.40. The van der Waals surface area contributed by atoms with Crippen molar-refractivity contribution in [1.29, 1.82) is 0 Å². The van der Waals surface area contributed by atoms with Gasteiger partial charge in [-0.1, -0.05) is 12.1 Å². The molecule has 0 saturated carbocycles. The largest absolute Gasteiger partial charge is 0.365 e. The lowest BCUT2D eigenvalue weighted by molar-refractivity contribution is 0.100. The molecule has 1 aliphatic heterocycles. The molecule has 0 spiro atoms. The first-order chi connectivity index (χ1) is 12.4. The summed E-state index contributed by atoms with van der Waals surface area (Å²) in [5.74, 6) is -0.682. The molecule has 2 aromatic heterocycles. The number of fused-ring (bicyclic) bond motifs is 1. The molecule has 24 heavy (non-hydrogen) atoms. The summed E-state index contributed by atoms with van der Waals surface area (Å²) in [5, 5.41) is 4.02. The van der Waals surface area contributed by atoms with Gasteiger partial charge in [0, 0.05) is 15.4 Å². The number of halogens is 1. The maximum absolute atomic E-state index is 13.7. The first-order valence-corrected chi connectivity index (χ1v) is 7.56. The van der Waals surface area contributed by atoms with E-state index in [1.54, 1.807) is 24.4 Å². The zero-order valence-electron chi connectivity index (χ0n) is 14.7. The number of nitrogens with zero attached hydrogens (tertiary/aromatic N) is 4. The van der Waals surface area contributed by atoms with Crippen LogP contribution in [0, 0.1) is 5.82 Å². The third-order valence-corrected chi connectivity index (χ3v) is 4.11. The fourth-order valence-corrected chi connectivity index (χ4v) is 3.00. The topological polar surface area (TPSA) is 76.5 Å². The highest BCUT2D eigenvalue weighted by Gasteiger charge is 2.28. The van der Waals surface area contributed by atoms with Crippen LogP contribution >= 0.6 is 0 Å². The molecule has 1 aromatic carbocycles. The van der Waals surface area contributed by atoms with Crippen molar-refractivity contribution in [2.75, 3.05) is 11.4 Å². The van der Waals surface area contributed by atoms with Crippen LogP contribution < -0.4 is 10.6 Å². The Morgan fingerprint density at radius 2 is 2.29 bits per heavy atom. The van der Waals surface area contributed by atoms with Gasteiger partial charge in [-0.05, 0) is 36.6 Å². The molecule has 2 N–H and O–H groups in total. The highest BCUT2D eigenvalue weighted by atomic mass is 19.1. The van der Waals surface area contributed by atoms with Crippen LogP contribution in [0.4, 0.5) is 10.2 Å². The number of carbonyl (C=O) groups excluding carboxylic acids is 1. The Morgan fingerprint density at radius 1 is 1.42 bits per heavy atom. The lowest BCUT2D eigenvalue weighted by Crippen LogP contribution is -2.24. The second kappa shape index (κ2) is 5.59. The van der Waals surface area contributed by atoms with E-state index in [0.717, 1.165) is 0 Å². The molecule has 3 heterocycles. The van der Waals surface area contributed by atoms with Crippen molar-refractivity contribution in [2.45, 2.75) is 18.9 Å². The number of hydrogen-bond acceptors (Lipinski definition) is 4. The van der Waals surface area contributed by atoms with Crippen LogP contribution in [0.2, 0.25) is 0 Å². The second-order valence-electron chi connectivity index (χ2n) is 5.61. The molecule has 6 nitrogen and oxygen atoms in total. The normalized spacial score (nSPS) is 20.9. The smallest absolute Gasteiger partial charge is 0.254 e. The maximum Gasteiger partial charge on any atom is 0.254 e. The van der Waals surface area contributed by atoms with Gasteiger partial charge in [0.15, 0.2) is 5.65 Å². The molecular weight excluding hydrogens is 309 g/mol. The fraction of sp³-hybridized carbons (Fsp3) is 0.235. The molecule has 3 aromatic rings. The Labute approximate surface area is 140 Å². The summed E-state index contributed by atoms with van der Waals surface area (Å²) >= 11 is 0. The van der Waals surface area contributed by atoms with Gasteiger partial charge in [0.1, 0.15) is 17.2 Å². The van der Waals surface area contributed by atoms with E-state index in [2.05, 4.69) is 10.1 Å².